The van der Waals surface area contributed by atoms with Gasteiger partial charge in [0.05, 0.1) is 12.5 Å². The Hall–Kier alpha value is -0.890. The molecule has 2 heterocycles. The van der Waals surface area contributed by atoms with Gasteiger partial charge in [-0.05, 0) is 24.8 Å². The number of rotatable bonds is 5. The minimum absolute atomic E-state index is 0.135. The Labute approximate surface area is 107 Å². The molecule has 0 bridgehead atoms. The third-order valence-electron chi connectivity index (χ3n) is 3.21. The van der Waals surface area contributed by atoms with Gasteiger partial charge in [-0.3, -0.25) is 0 Å². The summed E-state index contributed by atoms with van der Waals surface area (Å²) in [7, 11) is -3.43. The molecule has 7 heteroatoms. The van der Waals surface area contributed by atoms with Gasteiger partial charge in [-0.25, -0.2) is 0 Å². The van der Waals surface area contributed by atoms with E-state index in [-0.39, 0.29) is 19.1 Å². The third kappa shape index (κ3) is 3.32. The second-order valence-corrected chi connectivity index (χ2v) is 6.24. The van der Waals surface area contributed by atoms with Crippen LogP contribution >= 0.6 is 0 Å². The third-order valence-corrected chi connectivity index (χ3v) is 4.76. The molecule has 0 saturated carbocycles. The number of furan rings is 1. The molecule has 0 unspecified atom stereocenters. The van der Waals surface area contributed by atoms with E-state index in [2.05, 4.69) is 4.72 Å². The monoisotopic (exact) mass is 274 g/mol. The zero-order valence-electron chi connectivity index (χ0n) is 10.1. The molecule has 1 saturated heterocycles. The van der Waals surface area contributed by atoms with Crippen molar-refractivity contribution in [3.63, 3.8) is 0 Å². The van der Waals surface area contributed by atoms with Gasteiger partial charge in [-0.1, -0.05) is 0 Å². The number of hydrogen-bond donors (Lipinski definition) is 2. The van der Waals surface area contributed by atoms with Crippen LogP contribution in [0.4, 0.5) is 0 Å². The summed E-state index contributed by atoms with van der Waals surface area (Å²) < 4.78 is 32.8. The van der Waals surface area contributed by atoms with Crippen LogP contribution in [0, 0.1) is 5.92 Å². The maximum absolute atomic E-state index is 12.0. The Bertz CT molecular complexity index is 449. The number of aliphatic hydroxyl groups is 1. The topological polar surface area (TPSA) is 82.8 Å². The van der Waals surface area contributed by atoms with Gasteiger partial charge in [-0.2, -0.15) is 17.4 Å². The highest BCUT2D eigenvalue weighted by molar-refractivity contribution is 7.87. The van der Waals surface area contributed by atoms with Crippen LogP contribution in [-0.4, -0.2) is 37.5 Å². The van der Waals surface area contributed by atoms with Crippen molar-refractivity contribution in [2.24, 2.45) is 5.92 Å². The number of nitrogens with one attached hydrogen (secondary N) is 1. The van der Waals surface area contributed by atoms with Crippen molar-refractivity contribution in [1.29, 1.82) is 0 Å². The highest BCUT2D eigenvalue weighted by Gasteiger charge is 2.27. The summed E-state index contributed by atoms with van der Waals surface area (Å²) >= 11 is 0. The van der Waals surface area contributed by atoms with E-state index in [9.17, 15) is 8.42 Å². The minimum Gasteiger partial charge on any atom is -0.472 e. The van der Waals surface area contributed by atoms with E-state index >= 15 is 0 Å². The van der Waals surface area contributed by atoms with Crippen molar-refractivity contribution >= 4 is 10.2 Å². The summed E-state index contributed by atoms with van der Waals surface area (Å²) in [5.41, 5.74) is 0.795. The first-order chi connectivity index (χ1) is 8.62. The first kappa shape index (κ1) is 13.5. The largest absolute Gasteiger partial charge is 0.472 e. The second kappa shape index (κ2) is 5.83. The van der Waals surface area contributed by atoms with Gasteiger partial charge >= 0.3 is 0 Å². The smallest absolute Gasteiger partial charge is 0.279 e. The average molecular weight is 274 g/mol. The lowest BCUT2D eigenvalue weighted by molar-refractivity contribution is 0.169. The molecular formula is C11H18N2O4S. The molecule has 1 aliphatic heterocycles. The summed E-state index contributed by atoms with van der Waals surface area (Å²) in [6, 6.07) is 1.72. The van der Waals surface area contributed by atoms with Crippen LogP contribution in [0.15, 0.2) is 23.0 Å². The number of nitrogens with zero attached hydrogens (tertiary/aromatic N) is 1. The Morgan fingerprint density at radius 2 is 2.17 bits per heavy atom. The summed E-state index contributed by atoms with van der Waals surface area (Å²) in [4.78, 5) is 0. The van der Waals surface area contributed by atoms with Crippen LogP contribution < -0.4 is 4.72 Å². The van der Waals surface area contributed by atoms with E-state index in [1.807, 2.05) is 0 Å². The van der Waals surface area contributed by atoms with E-state index in [0.29, 0.717) is 25.9 Å². The molecule has 6 nitrogen and oxygen atoms in total. The van der Waals surface area contributed by atoms with Crippen molar-refractivity contribution in [3.05, 3.63) is 24.2 Å². The molecule has 1 fully saturated rings. The van der Waals surface area contributed by atoms with Crippen molar-refractivity contribution in [3.8, 4) is 0 Å². The second-order valence-electron chi connectivity index (χ2n) is 4.48. The Balaban J connectivity index is 1.87. The molecule has 0 aliphatic carbocycles. The molecule has 0 radical (unpaired) electrons. The Morgan fingerprint density at radius 1 is 1.44 bits per heavy atom. The fourth-order valence-corrected chi connectivity index (χ4v) is 3.21. The van der Waals surface area contributed by atoms with Crippen LogP contribution in [0.5, 0.6) is 0 Å². The summed E-state index contributed by atoms with van der Waals surface area (Å²) in [5, 5.41) is 9.01. The van der Waals surface area contributed by atoms with Gasteiger partial charge < -0.3 is 9.52 Å². The van der Waals surface area contributed by atoms with E-state index in [0.717, 1.165) is 5.56 Å². The standard InChI is InChI=1S/C11H18N2O4S/c14-8-10-1-4-13(5-2-10)18(15,16)12-7-11-3-6-17-9-11/h3,6,9-10,12,14H,1-2,4-5,7-8H2. The molecule has 0 aromatic carbocycles. The zero-order chi connectivity index (χ0) is 13.0. The molecular weight excluding hydrogens is 256 g/mol. The molecule has 0 amide bonds. The fourth-order valence-electron chi connectivity index (χ4n) is 1.99. The number of aliphatic hydroxyl groups excluding tert-OH is 1. The zero-order valence-corrected chi connectivity index (χ0v) is 10.9. The summed E-state index contributed by atoms with van der Waals surface area (Å²) in [6.45, 7) is 1.30. The maximum atomic E-state index is 12.0. The van der Waals surface area contributed by atoms with Gasteiger partial charge in [0.15, 0.2) is 0 Å². The lowest BCUT2D eigenvalue weighted by atomic mass is 10.00. The molecule has 1 aliphatic rings. The number of piperidine rings is 1. The van der Waals surface area contributed by atoms with E-state index < -0.39 is 10.2 Å². The highest BCUT2D eigenvalue weighted by Crippen LogP contribution is 2.18. The van der Waals surface area contributed by atoms with E-state index in [1.165, 1.54) is 16.8 Å². The van der Waals surface area contributed by atoms with Gasteiger partial charge in [0.2, 0.25) is 0 Å². The summed E-state index contributed by atoms with van der Waals surface area (Å²) in [6.07, 6.45) is 4.45. The Morgan fingerprint density at radius 3 is 2.72 bits per heavy atom. The summed E-state index contributed by atoms with van der Waals surface area (Å²) in [5.74, 6) is 0.227. The minimum atomic E-state index is -3.43. The fraction of sp³-hybridized carbons (Fsp3) is 0.636. The van der Waals surface area contributed by atoms with Crippen LogP contribution in [0.25, 0.3) is 0 Å². The van der Waals surface area contributed by atoms with Gasteiger partial charge in [0.25, 0.3) is 10.2 Å². The van der Waals surface area contributed by atoms with Crippen LogP contribution in [0.3, 0.4) is 0 Å². The normalized spacial score (nSPS) is 19.2. The van der Waals surface area contributed by atoms with Gasteiger partial charge in [-0.15, -0.1) is 0 Å². The van der Waals surface area contributed by atoms with Crippen molar-refractivity contribution in [2.45, 2.75) is 19.4 Å². The van der Waals surface area contributed by atoms with Gasteiger partial charge in [0, 0.05) is 31.8 Å². The van der Waals surface area contributed by atoms with Crippen molar-refractivity contribution < 1.29 is 17.9 Å². The Kier molecular flexibility index (Phi) is 4.39. The van der Waals surface area contributed by atoms with Gasteiger partial charge in [0.1, 0.15) is 0 Å². The predicted molar refractivity (Wildman–Crippen MR) is 65.9 cm³/mol. The molecule has 0 spiro atoms. The predicted octanol–water partition coefficient (Wildman–Crippen LogP) is 0.318. The SMILES string of the molecule is O=S(=O)(NCc1ccoc1)N1CCC(CO)CC1. The quantitative estimate of drug-likeness (QED) is 0.810. The lowest BCUT2D eigenvalue weighted by Crippen LogP contribution is -2.45. The van der Waals surface area contributed by atoms with E-state index in [4.69, 9.17) is 9.52 Å². The maximum Gasteiger partial charge on any atom is 0.279 e. The highest BCUT2D eigenvalue weighted by atomic mass is 32.2. The molecule has 18 heavy (non-hydrogen) atoms. The first-order valence-electron chi connectivity index (χ1n) is 5.98. The van der Waals surface area contributed by atoms with Crippen LogP contribution in [0.1, 0.15) is 18.4 Å². The van der Waals surface area contributed by atoms with Crippen LogP contribution in [-0.2, 0) is 16.8 Å². The molecule has 2 rings (SSSR count). The van der Waals surface area contributed by atoms with E-state index in [1.54, 1.807) is 6.07 Å². The molecule has 0 atom stereocenters. The first-order valence-corrected chi connectivity index (χ1v) is 7.42. The molecule has 102 valence electrons. The average Bonchev–Trinajstić information content (AvgIpc) is 2.90. The molecule has 1 aromatic heterocycles. The van der Waals surface area contributed by atoms with Crippen molar-refractivity contribution in [1.82, 2.24) is 9.03 Å². The molecule has 2 N–H and O–H groups in total. The number of hydrogen-bond acceptors (Lipinski definition) is 4. The van der Waals surface area contributed by atoms with Crippen molar-refractivity contribution in [2.75, 3.05) is 19.7 Å². The lowest BCUT2D eigenvalue weighted by Gasteiger charge is -2.30. The van der Waals surface area contributed by atoms with Crippen LogP contribution in [0.2, 0.25) is 0 Å². The molecule has 1 aromatic rings.